The van der Waals surface area contributed by atoms with Crippen molar-refractivity contribution in [1.82, 2.24) is 10.6 Å². The van der Waals surface area contributed by atoms with Crippen molar-refractivity contribution < 1.29 is 19.4 Å². The molecule has 0 radical (unpaired) electrons. The van der Waals surface area contributed by atoms with Crippen LogP contribution in [0.15, 0.2) is 58.7 Å². The predicted molar refractivity (Wildman–Crippen MR) is 103 cm³/mol. The lowest BCUT2D eigenvalue weighted by molar-refractivity contribution is -0.117. The van der Waals surface area contributed by atoms with E-state index in [9.17, 15) is 9.59 Å². The number of rotatable bonds is 7. The maximum Gasteiger partial charge on any atom is 0.267 e. The Kier molecular flexibility index (Phi) is 7.37. The van der Waals surface area contributed by atoms with Crippen LogP contribution in [0, 0.1) is 0 Å². The Balaban J connectivity index is 2.24. The van der Waals surface area contributed by atoms with Crippen molar-refractivity contribution in [2.75, 3.05) is 20.3 Å². The molecule has 0 atom stereocenters. The topological polar surface area (TPSA) is 87.7 Å². The van der Waals surface area contributed by atoms with E-state index in [0.29, 0.717) is 11.3 Å². The summed E-state index contributed by atoms with van der Waals surface area (Å²) < 4.78 is 5.96. The van der Waals surface area contributed by atoms with E-state index in [-0.39, 0.29) is 18.8 Å². The molecule has 0 fully saturated rings. The van der Waals surface area contributed by atoms with Crippen LogP contribution in [-0.2, 0) is 4.79 Å². The number of aliphatic hydroxyl groups is 1. The predicted octanol–water partition coefficient (Wildman–Crippen LogP) is 2.34. The second-order valence-electron chi connectivity index (χ2n) is 5.27. The number of nitrogens with one attached hydrogen (secondary N) is 2. The highest BCUT2D eigenvalue weighted by Crippen LogP contribution is 2.14. The van der Waals surface area contributed by atoms with Gasteiger partial charge in [0.05, 0.1) is 13.7 Å². The van der Waals surface area contributed by atoms with Crippen LogP contribution < -0.4 is 15.4 Å². The highest BCUT2D eigenvalue weighted by atomic mass is 79.9. The lowest BCUT2D eigenvalue weighted by Gasteiger charge is -2.11. The van der Waals surface area contributed by atoms with E-state index in [4.69, 9.17) is 9.84 Å². The van der Waals surface area contributed by atoms with E-state index >= 15 is 0 Å². The second kappa shape index (κ2) is 9.74. The van der Waals surface area contributed by atoms with Crippen molar-refractivity contribution in [1.29, 1.82) is 0 Å². The van der Waals surface area contributed by atoms with E-state index in [1.54, 1.807) is 61.7 Å². The highest BCUT2D eigenvalue weighted by molar-refractivity contribution is 9.10. The van der Waals surface area contributed by atoms with Crippen molar-refractivity contribution in [2.24, 2.45) is 0 Å². The average molecular weight is 419 g/mol. The maximum atomic E-state index is 12.4. The minimum Gasteiger partial charge on any atom is -0.497 e. The fourth-order valence-corrected chi connectivity index (χ4v) is 2.35. The molecule has 0 heterocycles. The van der Waals surface area contributed by atoms with Gasteiger partial charge in [-0.05, 0) is 48.0 Å². The van der Waals surface area contributed by atoms with E-state index < -0.39 is 11.8 Å². The minimum absolute atomic E-state index is 0.0801. The normalized spacial score (nSPS) is 11.0. The van der Waals surface area contributed by atoms with E-state index in [0.717, 1.165) is 10.0 Å². The third kappa shape index (κ3) is 5.72. The van der Waals surface area contributed by atoms with Crippen LogP contribution in [0.1, 0.15) is 15.9 Å². The molecule has 0 aliphatic heterocycles. The van der Waals surface area contributed by atoms with E-state index in [1.165, 1.54) is 0 Å². The summed E-state index contributed by atoms with van der Waals surface area (Å²) in [4.78, 5) is 24.7. The number of hydrogen-bond acceptors (Lipinski definition) is 4. The Morgan fingerprint density at radius 1 is 1.12 bits per heavy atom. The first-order valence-corrected chi connectivity index (χ1v) is 8.64. The summed E-state index contributed by atoms with van der Waals surface area (Å²) >= 11 is 3.31. The van der Waals surface area contributed by atoms with Gasteiger partial charge in [0.1, 0.15) is 11.4 Å². The fourth-order valence-electron chi connectivity index (χ4n) is 2.09. The Morgan fingerprint density at radius 3 is 2.35 bits per heavy atom. The number of benzene rings is 2. The molecular weight excluding hydrogens is 400 g/mol. The van der Waals surface area contributed by atoms with Gasteiger partial charge in [0.2, 0.25) is 0 Å². The highest BCUT2D eigenvalue weighted by Gasteiger charge is 2.14. The van der Waals surface area contributed by atoms with Crippen molar-refractivity contribution in [3.63, 3.8) is 0 Å². The second-order valence-corrected chi connectivity index (χ2v) is 6.19. The average Bonchev–Trinajstić information content (AvgIpc) is 2.66. The van der Waals surface area contributed by atoms with Gasteiger partial charge in [-0.3, -0.25) is 9.59 Å². The zero-order valence-electron chi connectivity index (χ0n) is 14.2. The van der Waals surface area contributed by atoms with Crippen LogP contribution in [0.2, 0.25) is 0 Å². The van der Waals surface area contributed by atoms with Gasteiger partial charge in [0.15, 0.2) is 0 Å². The molecule has 0 aromatic heterocycles. The van der Waals surface area contributed by atoms with Crippen LogP contribution >= 0.6 is 15.9 Å². The van der Waals surface area contributed by atoms with Gasteiger partial charge < -0.3 is 20.5 Å². The van der Waals surface area contributed by atoms with Crippen LogP contribution in [0.4, 0.5) is 0 Å². The lowest BCUT2D eigenvalue weighted by atomic mass is 10.1. The maximum absolute atomic E-state index is 12.4. The van der Waals surface area contributed by atoms with Crippen molar-refractivity contribution in [3.8, 4) is 5.75 Å². The fraction of sp³-hybridized carbons (Fsp3) is 0.158. The summed E-state index contributed by atoms with van der Waals surface area (Å²) in [7, 11) is 1.57. The number of hydrogen-bond donors (Lipinski definition) is 3. The molecule has 0 aliphatic carbocycles. The molecule has 2 aromatic rings. The zero-order valence-corrected chi connectivity index (χ0v) is 15.7. The molecule has 0 unspecified atom stereocenters. The molecule has 6 nitrogen and oxygen atoms in total. The largest absolute Gasteiger partial charge is 0.497 e. The zero-order chi connectivity index (χ0) is 18.9. The van der Waals surface area contributed by atoms with Crippen LogP contribution in [-0.4, -0.2) is 37.2 Å². The first-order chi connectivity index (χ1) is 12.5. The Labute approximate surface area is 160 Å². The van der Waals surface area contributed by atoms with Gasteiger partial charge >= 0.3 is 0 Å². The summed E-state index contributed by atoms with van der Waals surface area (Å²) in [6, 6.07) is 13.8. The van der Waals surface area contributed by atoms with Gasteiger partial charge in [0.25, 0.3) is 11.8 Å². The Hall–Kier alpha value is -2.64. The van der Waals surface area contributed by atoms with Crippen LogP contribution in [0.25, 0.3) is 6.08 Å². The molecule has 3 N–H and O–H groups in total. The smallest absolute Gasteiger partial charge is 0.267 e. The van der Waals surface area contributed by atoms with Crippen molar-refractivity contribution in [3.05, 3.63) is 69.8 Å². The monoisotopic (exact) mass is 418 g/mol. The molecule has 2 aromatic carbocycles. The Morgan fingerprint density at radius 2 is 1.77 bits per heavy atom. The van der Waals surface area contributed by atoms with Gasteiger partial charge in [-0.2, -0.15) is 0 Å². The summed E-state index contributed by atoms with van der Waals surface area (Å²) in [5.41, 5.74) is 1.22. The molecule has 0 saturated carbocycles. The summed E-state index contributed by atoms with van der Waals surface area (Å²) in [6.45, 7) is -0.102. The number of methoxy groups -OCH3 is 1. The first kappa shape index (κ1) is 19.7. The molecule has 26 heavy (non-hydrogen) atoms. The quantitative estimate of drug-likeness (QED) is 0.602. The van der Waals surface area contributed by atoms with E-state index in [1.807, 2.05) is 0 Å². The minimum atomic E-state index is -0.486. The van der Waals surface area contributed by atoms with E-state index in [2.05, 4.69) is 26.6 Å². The molecule has 136 valence electrons. The SMILES string of the molecule is COc1ccc(C=C(NC(=O)c2ccc(Br)cc2)C(=O)NCCO)cc1. The number of carbonyl (C=O) groups is 2. The molecule has 0 saturated heterocycles. The molecule has 7 heteroatoms. The lowest BCUT2D eigenvalue weighted by Crippen LogP contribution is -2.36. The van der Waals surface area contributed by atoms with Gasteiger partial charge in [-0.25, -0.2) is 0 Å². The van der Waals surface area contributed by atoms with Crippen molar-refractivity contribution in [2.45, 2.75) is 0 Å². The summed E-state index contributed by atoms with van der Waals surface area (Å²) in [6.07, 6.45) is 1.56. The molecular formula is C19H19BrN2O4. The van der Waals surface area contributed by atoms with Crippen LogP contribution in [0.3, 0.4) is 0 Å². The van der Waals surface area contributed by atoms with Crippen LogP contribution in [0.5, 0.6) is 5.75 Å². The standard InChI is InChI=1S/C19H19BrN2O4/c1-26-16-8-2-13(3-9-16)12-17(19(25)21-10-11-23)22-18(24)14-4-6-15(20)7-5-14/h2-9,12,23H,10-11H2,1H3,(H,21,25)(H,22,24). The number of amides is 2. The van der Waals surface area contributed by atoms with Crippen molar-refractivity contribution >= 4 is 33.8 Å². The van der Waals surface area contributed by atoms with Gasteiger partial charge in [0, 0.05) is 16.6 Å². The molecule has 0 spiro atoms. The third-order valence-corrected chi connectivity index (χ3v) is 3.95. The summed E-state index contributed by atoms with van der Waals surface area (Å²) in [5.74, 6) is -0.205. The molecule has 0 bridgehead atoms. The number of halogens is 1. The number of carbonyl (C=O) groups excluding carboxylic acids is 2. The molecule has 2 rings (SSSR count). The number of aliphatic hydroxyl groups excluding tert-OH is 1. The molecule has 2 amide bonds. The first-order valence-electron chi connectivity index (χ1n) is 7.85. The van der Waals surface area contributed by atoms with Gasteiger partial charge in [-0.1, -0.05) is 28.1 Å². The third-order valence-electron chi connectivity index (χ3n) is 3.42. The van der Waals surface area contributed by atoms with Gasteiger partial charge in [-0.15, -0.1) is 0 Å². The number of ether oxygens (including phenoxy) is 1. The summed E-state index contributed by atoms with van der Waals surface area (Å²) in [5, 5.41) is 14.0. The Bertz CT molecular complexity index is 786. The molecule has 0 aliphatic rings.